The molecule has 2 aromatic heterocycles. The van der Waals surface area contributed by atoms with E-state index in [2.05, 4.69) is 20.6 Å². The van der Waals surface area contributed by atoms with E-state index >= 15 is 0 Å². The zero-order chi connectivity index (χ0) is 16.2. The summed E-state index contributed by atoms with van der Waals surface area (Å²) in [4.78, 5) is 31.8. The van der Waals surface area contributed by atoms with Gasteiger partial charge in [-0.3, -0.25) is 14.6 Å². The van der Waals surface area contributed by atoms with Gasteiger partial charge < -0.3 is 10.6 Å². The standard InChI is InChI=1S/C15H11ClN4O2S/c16-10-3-4-11-12(6-10)23-15(19-11)20-13(21)8-18-14(22)9-2-1-5-17-7-9/h1-7H,8H2,(H,18,22)(H,19,20,21). The molecule has 23 heavy (non-hydrogen) atoms. The lowest BCUT2D eigenvalue weighted by Gasteiger charge is -2.04. The van der Waals surface area contributed by atoms with Crippen molar-refractivity contribution in [1.29, 1.82) is 0 Å². The van der Waals surface area contributed by atoms with Gasteiger partial charge in [0.05, 0.1) is 22.3 Å². The Labute approximate surface area is 140 Å². The average Bonchev–Trinajstić information content (AvgIpc) is 2.94. The summed E-state index contributed by atoms with van der Waals surface area (Å²) in [5.41, 5.74) is 1.16. The molecule has 0 aliphatic heterocycles. The molecule has 0 aliphatic carbocycles. The minimum atomic E-state index is -0.357. The number of fused-ring (bicyclic) bond motifs is 1. The number of nitrogens with zero attached hydrogens (tertiary/aromatic N) is 2. The maximum atomic E-state index is 11.9. The molecule has 0 spiro atoms. The third kappa shape index (κ3) is 3.82. The summed E-state index contributed by atoms with van der Waals surface area (Å²) in [6, 6.07) is 8.59. The molecule has 3 aromatic rings. The zero-order valence-corrected chi connectivity index (χ0v) is 13.3. The highest BCUT2D eigenvalue weighted by Crippen LogP contribution is 2.28. The largest absolute Gasteiger partial charge is 0.343 e. The van der Waals surface area contributed by atoms with E-state index in [1.54, 1.807) is 36.5 Å². The van der Waals surface area contributed by atoms with Crippen LogP contribution in [0.3, 0.4) is 0 Å². The number of aromatic nitrogens is 2. The van der Waals surface area contributed by atoms with Crippen molar-refractivity contribution in [1.82, 2.24) is 15.3 Å². The third-order valence-corrected chi connectivity index (χ3v) is 4.10. The first-order valence-electron chi connectivity index (χ1n) is 6.66. The molecule has 0 atom stereocenters. The molecule has 0 unspecified atom stereocenters. The van der Waals surface area contributed by atoms with Crippen LogP contribution >= 0.6 is 22.9 Å². The van der Waals surface area contributed by atoms with Gasteiger partial charge in [0, 0.05) is 17.4 Å². The number of carbonyl (C=O) groups is 2. The van der Waals surface area contributed by atoms with E-state index in [1.165, 1.54) is 17.5 Å². The first-order chi connectivity index (χ1) is 11.1. The van der Waals surface area contributed by atoms with Gasteiger partial charge in [-0.25, -0.2) is 4.98 Å². The second kappa shape index (κ2) is 6.72. The van der Waals surface area contributed by atoms with Crippen molar-refractivity contribution in [3.63, 3.8) is 0 Å². The summed E-state index contributed by atoms with van der Waals surface area (Å²) in [5.74, 6) is -0.711. The Morgan fingerprint density at radius 1 is 1.26 bits per heavy atom. The number of pyridine rings is 1. The van der Waals surface area contributed by atoms with E-state index < -0.39 is 0 Å². The SMILES string of the molecule is O=C(CNC(=O)c1cccnc1)Nc1nc2ccc(Cl)cc2s1. The Morgan fingerprint density at radius 3 is 2.91 bits per heavy atom. The Kier molecular flexibility index (Phi) is 4.50. The lowest BCUT2D eigenvalue weighted by atomic mass is 10.3. The normalized spacial score (nSPS) is 10.5. The minimum absolute atomic E-state index is 0.148. The summed E-state index contributed by atoms with van der Waals surface area (Å²) in [6.45, 7) is -0.148. The summed E-state index contributed by atoms with van der Waals surface area (Å²) >= 11 is 7.24. The van der Waals surface area contributed by atoms with E-state index in [0.29, 0.717) is 15.7 Å². The van der Waals surface area contributed by atoms with E-state index in [4.69, 9.17) is 11.6 Å². The first-order valence-corrected chi connectivity index (χ1v) is 7.85. The van der Waals surface area contributed by atoms with Crippen LogP contribution in [0.25, 0.3) is 10.2 Å². The van der Waals surface area contributed by atoms with Crippen LogP contribution in [0, 0.1) is 0 Å². The molecule has 2 amide bonds. The maximum Gasteiger partial charge on any atom is 0.253 e. The molecule has 6 nitrogen and oxygen atoms in total. The predicted octanol–water partition coefficient (Wildman–Crippen LogP) is 2.71. The first kappa shape index (κ1) is 15.4. The molecule has 0 aliphatic rings. The highest BCUT2D eigenvalue weighted by molar-refractivity contribution is 7.22. The Morgan fingerprint density at radius 2 is 2.13 bits per heavy atom. The summed E-state index contributed by atoms with van der Waals surface area (Å²) in [6.07, 6.45) is 3.01. The predicted molar refractivity (Wildman–Crippen MR) is 89.8 cm³/mol. The quantitative estimate of drug-likeness (QED) is 0.760. The summed E-state index contributed by atoms with van der Waals surface area (Å²) in [7, 11) is 0. The molecule has 0 fully saturated rings. The molecule has 116 valence electrons. The Balaban J connectivity index is 1.59. The number of carbonyl (C=O) groups excluding carboxylic acids is 2. The molecule has 0 saturated heterocycles. The number of nitrogens with one attached hydrogen (secondary N) is 2. The number of amides is 2. The van der Waals surface area contributed by atoms with Crippen molar-refractivity contribution >= 4 is 50.1 Å². The van der Waals surface area contributed by atoms with Gasteiger partial charge >= 0.3 is 0 Å². The number of anilines is 1. The van der Waals surface area contributed by atoms with E-state index in [9.17, 15) is 9.59 Å². The minimum Gasteiger partial charge on any atom is -0.343 e. The molecule has 3 rings (SSSR count). The van der Waals surface area contributed by atoms with Gasteiger partial charge in [-0.2, -0.15) is 0 Å². The van der Waals surface area contributed by atoms with Gasteiger partial charge in [0.2, 0.25) is 5.91 Å². The fourth-order valence-electron chi connectivity index (χ4n) is 1.88. The average molecular weight is 347 g/mol. The highest BCUT2D eigenvalue weighted by atomic mass is 35.5. The van der Waals surface area contributed by atoms with E-state index in [1.807, 2.05) is 0 Å². The molecular weight excluding hydrogens is 336 g/mol. The molecule has 2 N–H and O–H groups in total. The van der Waals surface area contributed by atoms with Gasteiger partial charge in [-0.15, -0.1) is 0 Å². The summed E-state index contributed by atoms with van der Waals surface area (Å²) in [5, 5.41) is 6.25. The number of rotatable bonds is 4. The molecule has 0 saturated carbocycles. The van der Waals surface area contributed by atoms with Crippen LogP contribution in [0.1, 0.15) is 10.4 Å². The van der Waals surface area contributed by atoms with E-state index in [0.717, 1.165) is 10.2 Å². The lowest BCUT2D eigenvalue weighted by molar-refractivity contribution is -0.115. The molecule has 8 heteroatoms. The topological polar surface area (TPSA) is 84.0 Å². The van der Waals surface area contributed by atoms with Crippen LogP contribution < -0.4 is 10.6 Å². The molecular formula is C15H11ClN4O2S. The Bertz CT molecular complexity index is 866. The van der Waals surface area contributed by atoms with Crippen LogP contribution in [0.15, 0.2) is 42.7 Å². The molecule has 1 aromatic carbocycles. The number of hydrogen-bond acceptors (Lipinski definition) is 5. The number of benzene rings is 1. The molecule has 0 radical (unpaired) electrons. The van der Waals surface area contributed by atoms with Crippen molar-refractivity contribution in [2.75, 3.05) is 11.9 Å². The Hall–Kier alpha value is -2.51. The van der Waals surface area contributed by atoms with Gasteiger partial charge in [0.1, 0.15) is 0 Å². The van der Waals surface area contributed by atoms with Crippen molar-refractivity contribution in [3.05, 3.63) is 53.3 Å². The lowest BCUT2D eigenvalue weighted by Crippen LogP contribution is -2.32. The molecule has 2 heterocycles. The maximum absolute atomic E-state index is 11.9. The van der Waals surface area contributed by atoms with Gasteiger partial charge in [-0.05, 0) is 30.3 Å². The van der Waals surface area contributed by atoms with Crippen molar-refractivity contribution in [2.45, 2.75) is 0 Å². The van der Waals surface area contributed by atoms with Crippen molar-refractivity contribution < 1.29 is 9.59 Å². The van der Waals surface area contributed by atoms with Crippen LogP contribution in [-0.2, 0) is 4.79 Å². The highest BCUT2D eigenvalue weighted by Gasteiger charge is 2.10. The smallest absolute Gasteiger partial charge is 0.253 e. The second-order valence-electron chi connectivity index (χ2n) is 4.60. The van der Waals surface area contributed by atoms with Crippen LogP contribution in [-0.4, -0.2) is 28.3 Å². The van der Waals surface area contributed by atoms with Crippen LogP contribution in [0.4, 0.5) is 5.13 Å². The van der Waals surface area contributed by atoms with Gasteiger partial charge in [0.25, 0.3) is 5.91 Å². The fourth-order valence-corrected chi connectivity index (χ4v) is 3.03. The van der Waals surface area contributed by atoms with Gasteiger partial charge in [-0.1, -0.05) is 22.9 Å². The zero-order valence-electron chi connectivity index (χ0n) is 11.7. The number of hydrogen-bond donors (Lipinski definition) is 2. The second-order valence-corrected chi connectivity index (χ2v) is 6.07. The van der Waals surface area contributed by atoms with Crippen LogP contribution in [0.2, 0.25) is 5.02 Å². The third-order valence-electron chi connectivity index (χ3n) is 2.93. The van der Waals surface area contributed by atoms with Crippen molar-refractivity contribution in [2.24, 2.45) is 0 Å². The summed E-state index contributed by atoms with van der Waals surface area (Å²) < 4.78 is 0.882. The monoisotopic (exact) mass is 346 g/mol. The number of thiazole rings is 1. The van der Waals surface area contributed by atoms with Crippen LogP contribution in [0.5, 0.6) is 0 Å². The van der Waals surface area contributed by atoms with Crippen molar-refractivity contribution in [3.8, 4) is 0 Å². The fraction of sp³-hybridized carbons (Fsp3) is 0.0667. The molecule has 0 bridgehead atoms. The van der Waals surface area contributed by atoms with E-state index in [-0.39, 0.29) is 18.4 Å². The number of halogens is 1. The van der Waals surface area contributed by atoms with Gasteiger partial charge in [0.15, 0.2) is 5.13 Å².